The minimum absolute atomic E-state index is 0.162. The largest absolute Gasteiger partial charge is 0.380 e. The Labute approximate surface area is 150 Å². The van der Waals surface area contributed by atoms with Crippen molar-refractivity contribution in [2.75, 3.05) is 7.11 Å². The average molecular weight is 355 g/mol. The van der Waals surface area contributed by atoms with Crippen molar-refractivity contribution in [1.82, 2.24) is 5.32 Å². The lowest BCUT2D eigenvalue weighted by Gasteiger charge is -2.06. The minimum Gasteiger partial charge on any atom is -0.380 e. The molecule has 3 rings (SSSR count). The van der Waals surface area contributed by atoms with Gasteiger partial charge in [-0.3, -0.25) is 4.79 Å². The third kappa shape index (κ3) is 4.32. The first kappa shape index (κ1) is 17.3. The van der Waals surface area contributed by atoms with Crippen LogP contribution in [0.1, 0.15) is 20.8 Å². The van der Waals surface area contributed by atoms with E-state index < -0.39 is 0 Å². The Hall–Kier alpha value is -2.50. The molecule has 0 bridgehead atoms. The van der Waals surface area contributed by atoms with E-state index in [-0.39, 0.29) is 11.7 Å². The van der Waals surface area contributed by atoms with Gasteiger partial charge in [-0.25, -0.2) is 4.39 Å². The Kier molecular flexibility index (Phi) is 5.58. The Morgan fingerprint density at radius 1 is 1.08 bits per heavy atom. The van der Waals surface area contributed by atoms with Gasteiger partial charge in [0.1, 0.15) is 5.82 Å². The van der Waals surface area contributed by atoms with E-state index in [0.717, 1.165) is 16.0 Å². The molecule has 0 atom stereocenters. The molecule has 3 nitrogen and oxygen atoms in total. The highest BCUT2D eigenvalue weighted by Gasteiger charge is 2.12. The highest BCUT2D eigenvalue weighted by atomic mass is 32.1. The summed E-state index contributed by atoms with van der Waals surface area (Å²) < 4.78 is 19.0. The van der Waals surface area contributed by atoms with Gasteiger partial charge in [-0.05, 0) is 29.3 Å². The summed E-state index contributed by atoms with van der Waals surface area (Å²) in [5.74, 6) is -0.448. The number of carbonyl (C=O) groups excluding carboxylic acids is 1. The van der Waals surface area contributed by atoms with Crippen molar-refractivity contribution in [3.05, 3.63) is 82.5 Å². The van der Waals surface area contributed by atoms with E-state index in [9.17, 15) is 9.18 Å². The maximum absolute atomic E-state index is 13.9. The van der Waals surface area contributed by atoms with E-state index in [4.69, 9.17) is 4.74 Å². The number of ether oxygens (including phenoxy) is 1. The number of amides is 1. The van der Waals surface area contributed by atoms with Gasteiger partial charge < -0.3 is 10.1 Å². The number of thiophene rings is 1. The predicted molar refractivity (Wildman–Crippen MR) is 98.0 cm³/mol. The van der Waals surface area contributed by atoms with E-state index in [1.807, 2.05) is 24.3 Å². The number of hydrogen-bond acceptors (Lipinski definition) is 3. The van der Waals surface area contributed by atoms with E-state index in [0.29, 0.717) is 23.6 Å². The van der Waals surface area contributed by atoms with Gasteiger partial charge in [0.15, 0.2) is 0 Å². The molecule has 0 fully saturated rings. The van der Waals surface area contributed by atoms with Gasteiger partial charge in [-0.15, -0.1) is 11.3 Å². The lowest BCUT2D eigenvalue weighted by molar-refractivity contribution is 0.0955. The zero-order chi connectivity index (χ0) is 17.6. The number of rotatable bonds is 6. The molecule has 1 amide bonds. The van der Waals surface area contributed by atoms with Crippen molar-refractivity contribution in [3.63, 3.8) is 0 Å². The van der Waals surface area contributed by atoms with Crippen LogP contribution in [0.15, 0.2) is 60.7 Å². The van der Waals surface area contributed by atoms with Crippen LogP contribution in [0.3, 0.4) is 0 Å². The van der Waals surface area contributed by atoms with Gasteiger partial charge >= 0.3 is 0 Å². The highest BCUT2D eigenvalue weighted by molar-refractivity contribution is 7.17. The van der Waals surface area contributed by atoms with Gasteiger partial charge in [0.25, 0.3) is 5.91 Å². The molecule has 0 aliphatic heterocycles. The van der Waals surface area contributed by atoms with Gasteiger partial charge in [-0.2, -0.15) is 0 Å². The molecule has 0 spiro atoms. The third-order valence-corrected chi connectivity index (χ3v) is 4.84. The molecule has 0 saturated carbocycles. The molecule has 0 aliphatic rings. The summed E-state index contributed by atoms with van der Waals surface area (Å²) in [6.07, 6.45) is 0. The summed E-state index contributed by atoms with van der Waals surface area (Å²) >= 11 is 1.28. The van der Waals surface area contributed by atoms with E-state index in [1.54, 1.807) is 37.4 Å². The van der Waals surface area contributed by atoms with E-state index >= 15 is 0 Å². The van der Waals surface area contributed by atoms with Crippen molar-refractivity contribution < 1.29 is 13.9 Å². The first-order valence-electron chi connectivity index (χ1n) is 7.87. The predicted octanol–water partition coefficient (Wildman–Crippen LogP) is 4.63. The Morgan fingerprint density at radius 3 is 2.68 bits per heavy atom. The lowest BCUT2D eigenvalue weighted by atomic mass is 10.1. The number of halogens is 1. The first-order chi connectivity index (χ1) is 12.2. The van der Waals surface area contributed by atoms with Crippen LogP contribution in [-0.2, 0) is 17.9 Å². The zero-order valence-electron chi connectivity index (χ0n) is 13.8. The molecule has 5 heteroatoms. The molecule has 1 heterocycles. The lowest BCUT2D eigenvalue weighted by Crippen LogP contribution is -2.21. The number of nitrogens with one attached hydrogen (secondary N) is 1. The fourth-order valence-corrected chi connectivity index (χ4v) is 3.48. The standard InChI is InChI=1S/C20H18FNO2S/c1-24-13-15-6-4-5-14(11-15)12-22-20(23)19-10-9-18(25-19)16-7-2-3-8-17(16)21/h2-11H,12-13H2,1H3,(H,22,23). The molecule has 1 N–H and O–H groups in total. The normalized spacial score (nSPS) is 10.6. The fraction of sp³-hybridized carbons (Fsp3) is 0.150. The van der Waals surface area contributed by atoms with Crippen molar-refractivity contribution in [2.45, 2.75) is 13.2 Å². The smallest absolute Gasteiger partial charge is 0.261 e. The fourth-order valence-electron chi connectivity index (χ4n) is 2.53. The number of benzene rings is 2. The minimum atomic E-state index is -0.286. The molecule has 1 aromatic heterocycles. The van der Waals surface area contributed by atoms with Gasteiger partial charge in [-0.1, -0.05) is 42.5 Å². The highest BCUT2D eigenvalue weighted by Crippen LogP contribution is 2.29. The second-order valence-electron chi connectivity index (χ2n) is 5.58. The number of carbonyl (C=O) groups is 1. The van der Waals surface area contributed by atoms with Crippen molar-refractivity contribution in [3.8, 4) is 10.4 Å². The number of hydrogen-bond donors (Lipinski definition) is 1. The molecule has 0 unspecified atom stereocenters. The molecule has 0 saturated heterocycles. The van der Waals surface area contributed by atoms with Gasteiger partial charge in [0.2, 0.25) is 0 Å². The van der Waals surface area contributed by atoms with E-state index in [1.165, 1.54) is 17.4 Å². The van der Waals surface area contributed by atoms with Crippen molar-refractivity contribution in [2.24, 2.45) is 0 Å². The van der Waals surface area contributed by atoms with Crippen LogP contribution in [0.5, 0.6) is 0 Å². The monoisotopic (exact) mass is 355 g/mol. The van der Waals surface area contributed by atoms with Crippen LogP contribution in [-0.4, -0.2) is 13.0 Å². The molecule has 128 valence electrons. The van der Waals surface area contributed by atoms with Gasteiger partial charge in [0, 0.05) is 24.1 Å². The summed E-state index contributed by atoms with van der Waals surface area (Å²) in [7, 11) is 1.65. The Bertz CT molecular complexity index is 875. The van der Waals surface area contributed by atoms with Crippen molar-refractivity contribution in [1.29, 1.82) is 0 Å². The topological polar surface area (TPSA) is 38.3 Å². The van der Waals surface area contributed by atoms with Gasteiger partial charge in [0.05, 0.1) is 11.5 Å². The summed E-state index contributed by atoms with van der Waals surface area (Å²) in [6, 6.07) is 17.9. The van der Waals surface area contributed by atoms with E-state index in [2.05, 4.69) is 5.32 Å². The molecule has 25 heavy (non-hydrogen) atoms. The molecule has 2 aromatic carbocycles. The maximum Gasteiger partial charge on any atom is 0.261 e. The molecular weight excluding hydrogens is 337 g/mol. The van der Waals surface area contributed by atoms with Crippen LogP contribution in [0.2, 0.25) is 0 Å². The third-order valence-electron chi connectivity index (χ3n) is 3.72. The quantitative estimate of drug-likeness (QED) is 0.700. The molecule has 0 radical (unpaired) electrons. The van der Waals surface area contributed by atoms with Crippen LogP contribution < -0.4 is 5.32 Å². The van der Waals surface area contributed by atoms with Crippen LogP contribution in [0.4, 0.5) is 4.39 Å². The van der Waals surface area contributed by atoms with Crippen LogP contribution >= 0.6 is 11.3 Å². The summed E-state index contributed by atoms with van der Waals surface area (Å²) in [5.41, 5.74) is 2.58. The number of methoxy groups -OCH3 is 1. The molecular formula is C20H18FNO2S. The SMILES string of the molecule is COCc1cccc(CNC(=O)c2ccc(-c3ccccc3F)s2)c1. The second kappa shape index (κ2) is 8.05. The van der Waals surface area contributed by atoms with Crippen molar-refractivity contribution >= 4 is 17.2 Å². The zero-order valence-corrected chi connectivity index (χ0v) is 14.6. The maximum atomic E-state index is 13.9. The second-order valence-corrected chi connectivity index (χ2v) is 6.66. The average Bonchev–Trinajstić information content (AvgIpc) is 3.11. The molecule has 0 aliphatic carbocycles. The first-order valence-corrected chi connectivity index (χ1v) is 8.68. The van der Waals surface area contributed by atoms with Crippen LogP contribution in [0, 0.1) is 5.82 Å². The summed E-state index contributed by atoms with van der Waals surface area (Å²) in [4.78, 5) is 13.6. The Morgan fingerprint density at radius 2 is 1.88 bits per heavy atom. The Balaban J connectivity index is 1.66. The molecule has 3 aromatic rings. The summed E-state index contributed by atoms with van der Waals surface area (Å²) in [5, 5.41) is 2.90. The summed E-state index contributed by atoms with van der Waals surface area (Å²) in [6.45, 7) is 0.974. The van der Waals surface area contributed by atoms with Crippen LogP contribution in [0.25, 0.3) is 10.4 Å².